The second-order valence-corrected chi connectivity index (χ2v) is 6.69. The summed E-state index contributed by atoms with van der Waals surface area (Å²) in [7, 11) is 0. The topological polar surface area (TPSA) is 47.6 Å². The van der Waals surface area contributed by atoms with Gasteiger partial charge in [-0.2, -0.15) is 0 Å². The lowest BCUT2D eigenvalue weighted by molar-refractivity contribution is -0.186. The number of allylic oxidation sites excluding steroid dienone is 2. The van der Waals surface area contributed by atoms with E-state index < -0.39 is 0 Å². The van der Waals surface area contributed by atoms with Crippen molar-refractivity contribution in [3.63, 3.8) is 0 Å². The number of benzene rings is 1. The molecule has 0 saturated carbocycles. The molecule has 1 aliphatic carbocycles. The van der Waals surface area contributed by atoms with Crippen LogP contribution in [0.15, 0.2) is 54.3 Å². The summed E-state index contributed by atoms with van der Waals surface area (Å²) in [4.78, 5) is 11.8. The molecule has 1 heterocycles. The number of ether oxygens (including phenoxy) is 2. The molecule has 0 bridgehead atoms. The van der Waals surface area contributed by atoms with Crippen LogP contribution >= 0.6 is 0 Å². The largest absolute Gasteiger partial charge is 0.351 e. The van der Waals surface area contributed by atoms with Gasteiger partial charge in [0.05, 0.1) is 12.2 Å². The Hall–Kier alpha value is -1.91. The highest BCUT2D eigenvalue weighted by Crippen LogP contribution is 2.33. The van der Waals surface area contributed by atoms with Crippen molar-refractivity contribution in [1.29, 1.82) is 0 Å². The van der Waals surface area contributed by atoms with Crippen LogP contribution in [0.25, 0.3) is 0 Å². The Morgan fingerprint density at radius 1 is 1.24 bits per heavy atom. The monoisotopic (exact) mass is 341 g/mol. The average Bonchev–Trinajstić information content (AvgIpc) is 2.68. The maximum absolute atomic E-state index is 11.8. The molecule has 1 N–H and O–H groups in total. The van der Waals surface area contributed by atoms with E-state index in [1.807, 2.05) is 24.3 Å². The van der Waals surface area contributed by atoms with Crippen LogP contribution in [0, 0.1) is 5.92 Å². The van der Waals surface area contributed by atoms with Gasteiger partial charge in [-0.3, -0.25) is 4.79 Å². The zero-order chi connectivity index (χ0) is 17.5. The quantitative estimate of drug-likeness (QED) is 0.841. The van der Waals surface area contributed by atoms with E-state index in [0.717, 1.165) is 31.4 Å². The molecular formula is C21H27NO3. The Bertz CT molecular complexity index is 623. The lowest BCUT2D eigenvalue weighted by Gasteiger charge is -2.34. The van der Waals surface area contributed by atoms with Gasteiger partial charge in [-0.15, -0.1) is 0 Å². The molecule has 3 unspecified atom stereocenters. The first-order valence-corrected chi connectivity index (χ1v) is 9.22. The molecule has 0 spiro atoms. The van der Waals surface area contributed by atoms with Gasteiger partial charge in [0.1, 0.15) is 6.79 Å². The number of unbranched alkanes of at least 4 members (excludes halogenated alkanes) is 1. The lowest BCUT2D eigenvalue weighted by Crippen LogP contribution is -2.33. The van der Waals surface area contributed by atoms with Crippen LogP contribution in [0.3, 0.4) is 0 Å². The Morgan fingerprint density at radius 3 is 2.80 bits per heavy atom. The van der Waals surface area contributed by atoms with Crippen LogP contribution in [0.5, 0.6) is 0 Å². The van der Waals surface area contributed by atoms with Crippen molar-refractivity contribution in [3.8, 4) is 0 Å². The van der Waals surface area contributed by atoms with Crippen LogP contribution in [0.4, 0.5) is 0 Å². The van der Waals surface area contributed by atoms with Gasteiger partial charge in [0, 0.05) is 24.5 Å². The van der Waals surface area contributed by atoms with E-state index in [4.69, 9.17) is 9.47 Å². The number of hydrogen-bond acceptors (Lipinski definition) is 3. The summed E-state index contributed by atoms with van der Waals surface area (Å²) < 4.78 is 11.6. The highest BCUT2D eigenvalue weighted by molar-refractivity contribution is 5.78. The third-order valence-corrected chi connectivity index (χ3v) is 4.82. The number of nitrogens with one attached hydrogen (secondary N) is 1. The fourth-order valence-electron chi connectivity index (χ4n) is 3.32. The fourth-order valence-corrected chi connectivity index (χ4v) is 3.32. The molecule has 25 heavy (non-hydrogen) atoms. The number of carbonyl (C=O) groups excluding carboxylic acids is 1. The van der Waals surface area contributed by atoms with Crippen molar-refractivity contribution >= 4 is 5.91 Å². The van der Waals surface area contributed by atoms with Crippen LogP contribution < -0.4 is 5.32 Å². The summed E-state index contributed by atoms with van der Waals surface area (Å²) in [6, 6.07) is 10.3. The average molecular weight is 341 g/mol. The molecule has 3 rings (SSSR count). The van der Waals surface area contributed by atoms with Crippen molar-refractivity contribution in [2.24, 2.45) is 5.92 Å². The van der Waals surface area contributed by atoms with Gasteiger partial charge in [0.2, 0.25) is 5.91 Å². The molecular weight excluding hydrogens is 314 g/mol. The van der Waals surface area contributed by atoms with Crippen molar-refractivity contribution in [1.82, 2.24) is 5.32 Å². The second-order valence-electron chi connectivity index (χ2n) is 6.69. The Labute approximate surface area is 149 Å². The molecule has 3 atom stereocenters. The lowest BCUT2D eigenvalue weighted by atomic mass is 9.88. The molecule has 134 valence electrons. The Balaban J connectivity index is 1.52. The van der Waals surface area contributed by atoms with Crippen LogP contribution in [-0.2, 0) is 14.3 Å². The first-order chi connectivity index (χ1) is 12.3. The first-order valence-electron chi connectivity index (χ1n) is 9.22. The summed E-state index contributed by atoms with van der Waals surface area (Å²) in [5.41, 5.74) is 2.11. The van der Waals surface area contributed by atoms with Crippen molar-refractivity contribution in [3.05, 3.63) is 59.8 Å². The van der Waals surface area contributed by atoms with E-state index in [-0.39, 0.29) is 18.1 Å². The smallest absolute Gasteiger partial charge is 0.224 e. The Morgan fingerprint density at radius 2 is 2.08 bits per heavy atom. The second kappa shape index (κ2) is 8.97. The predicted molar refractivity (Wildman–Crippen MR) is 97.6 cm³/mol. The molecule has 0 radical (unpaired) electrons. The van der Waals surface area contributed by atoms with Gasteiger partial charge in [-0.05, 0) is 24.5 Å². The summed E-state index contributed by atoms with van der Waals surface area (Å²) in [6.07, 6.45) is 10.8. The zero-order valence-corrected chi connectivity index (χ0v) is 14.8. The summed E-state index contributed by atoms with van der Waals surface area (Å²) in [5.74, 6) is 0.425. The number of carbonyl (C=O) groups is 1. The van der Waals surface area contributed by atoms with Crippen molar-refractivity contribution in [2.45, 2.75) is 51.2 Å². The van der Waals surface area contributed by atoms with Crippen molar-refractivity contribution in [2.75, 3.05) is 6.79 Å². The zero-order valence-electron chi connectivity index (χ0n) is 14.8. The highest BCUT2D eigenvalue weighted by atomic mass is 16.7. The van der Waals surface area contributed by atoms with Crippen LogP contribution in [0.1, 0.15) is 50.7 Å². The van der Waals surface area contributed by atoms with Crippen LogP contribution in [0.2, 0.25) is 0 Å². The number of amides is 1. The van der Waals surface area contributed by atoms with Gasteiger partial charge < -0.3 is 14.8 Å². The third kappa shape index (κ3) is 5.03. The molecule has 0 aromatic heterocycles. The molecule has 1 fully saturated rings. The minimum absolute atomic E-state index is 0.0903. The first kappa shape index (κ1) is 17.9. The maximum Gasteiger partial charge on any atom is 0.224 e. The number of hydrogen-bond donors (Lipinski definition) is 1. The van der Waals surface area contributed by atoms with E-state index in [1.54, 1.807) is 0 Å². The summed E-state index contributed by atoms with van der Waals surface area (Å²) in [6.45, 7) is 2.42. The van der Waals surface area contributed by atoms with Gasteiger partial charge in [-0.25, -0.2) is 0 Å². The molecule has 1 amide bonds. The molecule has 2 aliphatic rings. The van der Waals surface area contributed by atoms with Gasteiger partial charge in [-0.1, -0.05) is 55.8 Å². The molecule has 4 nitrogen and oxygen atoms in total. The minimum Gasteiger partial charge on any atom is -0.351 e. The maximum atomic E-state index is 11.8. The van der Waals surface area contributed by atoms with Gasteiger partial charge in [0.15, 0.2) is 0 Å². The standard InChI is InChI=1S/C21H27NO3/c1-2-3-9-21(23)22-18-12-10-17(11-13-18)20-14-19(24-15-25-20)16-7-5-4-6-8-16/h4-8,10,12-13,17,19-20H,2-3,9,11,14-15H2,1H3,(H,22,23). The fraction of sp³-hybridized carbons (Fsp3) is 0.476. The van der Waals surface area contributed by atoms with E-state index >= 15 is 0 Å². The van der Waals surface area contributed by atoms with E-state index in [1.165, 1.54) is 5.56 Å². The molecule has 1 saturated heterocycles. The summed E-state index contributed by atoms with van der Waals surface area (Å²) >= 11 is 0. The number of rotatable bonds is 6. The van der Waals surface area contributed by atoms with Crippen molar-refractivity contribution < 1.29 is 14.3 Å². The SMILES string of the molecule is CCCCC(=O)NC1=CCC(C2CC(c3ccccc3)OCO2)C=C1. The molecule has 4 heteroatoms. The molecule has 1 aromatic rings. The van der Waals surface area contributed by atoms with Gasteiger partial charge >= 0.3 is 0 Å². The third-order valence-electron chi connectivity index (χ3n) is 4.82. The summed E-state index contributed by atoms with van der Waals surface area (Å²) in [5, 5.41) is 2.98. The highest BCUT2D eigenvalue weighted by Gasteiger charge is 2.30. The van der Waals surface area contributed by atoms with E-state index in [9.17, 15) is 4.79 Å². The Kier molecular flexibility index (Phi) is 6.42. The minimum atomic E-state index is 0.0903. The van der Waals surface area contributed by atoms with E-state index in [0.29, 0.717) is 19.1 Å². The predicted octanol–water partition coefficient (Wildman–Crippen LogP) is 4.26. The van der Waals surface area contributed by atoms with Gasteiger partial charge in [0.25, 0.3) is 0 Å². The normalized spacial score (nSPS) is 26.1. The van der Waals surface area contributed by atoms with Crippen LogP contribution in [-0.4, -0.2) is 18.8 Å². The molecule has 1 aliphatic heterocycles. The van der Waals surface area contributed by atoms with E-state index in [2.05, 4.69) is 36.5 Å². The molecule has 1 aromatic carbocycles.